The molecule has 1 amide bonds. The fraction of sp³-hybridized carbons (Fsp3) is 0.615. The van der Waals surface area contributed by atoms with Crippen molar-refractivity contribution in [3.63, 3.8) is 0 Å². The Balaban J connectivity index is 2.27. The van der Waals surface area contributed by atoms with E-state index in [1.54, 1.807) is 31.4 Å². The molecule has 0 spiro atoms. The summed E-state index contributed by atoms with van der Waals surface area (Å²) in [4.78, 5) is 13.7. The van der Waals surface area contributed by atoms with Crippen molar-refractivity contribution < 1.29 is 22.4 Å². The van der Waals surface area contributed by atoms with E-state index < -0.39 is 37.0 Å². The number of nitrogens with one attached hydrogen (secondary N) is 1. The van der Waals surface area contributed by atoms with Crippen LogP contribution in [-0.4, -0.2) is 35.7 Å². The molecule has 1 aromatic rings. The number of carbonyl (C=O) groups is 1. The molecule has 21 heavy (non-hydrogen) atoms. The van der Waals surface area contributed by atoms with E-state index in [9.17, 15) is 22.4 Å². The zero-order valence-electron chi connectivity index (χ0n) is 11.5. The number of nitrogens with zero attached hydrogens (tertiary/aromatic N) is 1. The van der Waals surface area contributed by atoms with E-state index in [4.69, 9.17) is 0 Å². The lowest BCUT2D eigenvalue weighted by molar-refractivity contribution is -0.157. The Hall–Kier alpha value is -1.15. The van der Waals surface area contributed by atoms with Crippen LogP contribution in [0.4, 0.5) is 17.6 Å². The molecule has 0 saturated carbocycles. The summed E-state index contributed by atoms with van der Waals surface area (Å²) in [6.45, 7) is 2.26. The third-order valence-corrected chi connectivity index (χ3v) is 4.30. The zero-order valence-corrected chi connectivity index (χ0v) is 12.3. The second-order valence-corrected chi connectivity index (χ2v) is 6.31. The highest BCUT2D eigenvalue weighted by atomic mass is 32.1. The molecule has 1 fully saturated rings. The van der Waals surface area contributed by atoms with Crippen LogP contribution >= 0.6 is 11.3 Å². The van der Waals surface area contributed by atoms with Crippen LogP contribution < -0.4 is 5.32 Å². The average Bonchev–Trinajstić information content (AvgIpc) is 2.98. The number of alkyl halides is 4. The summed E-state index contributed by atoms with van der Waals surface area (Å²) < 4.78 is 51.5. The van der Waals surface area contributed by atoms with Gasteiger partial charge in [-0.2, -0.15) is 8.78 Å². The molecule has 1 aliphatic heterocycles. The van der Waals surface area contributed by atoms with E-state index in [2.05, 4.69) is 5.32 Å². The molecule has 1 aliphatic rings. The third kappa shape index (κ3) is 3.21. The maximum atomic E-state index is 13.3. The molecule has 0 bridgehead atoms. The van der Waals surface area contributed by atoms with E-state index in [1.165, 1.54) is 11.3 Å². The minimum absolute atomic E-state index is 0.120. The van der Waals surface area contributed by atoms with Gasteiger partial charge in [0.25, 0.3) is 0 Å². The van der Waals surface area contributed by atoms with Crippen LogP contribution in [0.25, 0.3) is 0 Å². The average molecular weight is 324 g/mol. The summed E-state index contributed by atoms with van der Waals surface area (Å²) in [6, 6.07) is 2.76. The lowest BCUT2D eigenvalue weighted by atomic mass is 10.1. The van der Waals surface area contributed by atoms with Gasteiger partial charge in [-0.05, 0) is 17.4 Å². The molecular weight excluding hydrogens is 308 g/mol. The maximum absolute atomic E-state index is 13.3. The molecule has 118 valence electrons. The monoisotopic (exact) mass is 324 g/mol. The topological polar surface area (TPSA) is 32.3 Å². The first kappa shape index (κ1) is 16.2. The number of thiophene rings is 1. The van der Waals surface area contributed by atoms with Gasteiger partial charge in [0.2, 0.25) is 5.91 Å². The van der Waals surface area contributed by atoms with E-state index in [1.807, 2.05) is 0 Å². The van der Waals surface area contributed by atoms with Gasteiger partial charge in [0.1, 0.15) is 6.17 Å². The van der Waals surface area contributed by atoms with E-state index in [-0.39, 0.29) is 5.92 Å². The SMILES string of the molecule is CC(C)C1NC(c2cccs2)N(CC(F)(F)C(F)F)C1=O. The number of carbonyl (C=O) groups excluding carboxylic acids is 1. The molecule has 3 nitrogen and oxygen atoms in total. The van der Waals surface area contributed by atoms with Crippen LogP contribution in [0.5, 0.6) is 0 Å². The Morgan fingerprint density at radius 1 is 1.43 bits per heavy atom. The summed E-state index contributed by atoms with van der Waals surface area (Å²) >= 11 is 1.29. The van der Waals surface area contributed by atoms with Gasteiger partial charge in [-0.25, -0.2) is 8.78 Å². The van der Waals surface area contributed by atoms with Crippen molar-refractivity contribution in [2.45, 2.75) is 38.4 Å². The van der Waals surface area contributed by atoms with Gasteiger partial charge in [0.05, 0.1) is 12.6 Å². The molecule has 2 atom stereocenters. The van der Waals surface area contributed by atoms with Crippen LogP contribution in [0.3, 0.4) is 0 Å². The zero-order chi connectivity index (χ0) is 15.8. The Labute approximate surface area is 123 Å². The highest BCUT2D eigenvalue weighted by Gasteiger charge is 2.49. The largest absolute Gasteiger partial charge is 0.324 e. The Kier molecular flexibility index (Phi) is 4.57. The molecule has 1 N–H and O–H groups in total. The minimum Gasteiger partial charge on any atom is -0.314 e. The van der Waals surface area contributed by atoms with Crippen LogP contribution in [0, 0.1) is 5.92 Å². The van der Waals surface area contributed by atoms with Crippen molar-refractivity contribution >= 4 is 17.2 Å². The van der Waals surface area contributed by atoms with Gasteiger partial charge in [0, 0.05) is 4.88 Å². The molecule has 2 unspecified atom stereocenters. The maximum Gasteiger partial charge on any atom is 0.324 e. The molecular formula is C13H16F4N2OS. The van der Waals surface area contributed by atoms with Gasteiger partial charge in [0.15, 0.2) is 0 Å². The number of amides is 1. The highest BCUT2D eigenvalue weighted by Crippen LogP contribution is 2.34. The summed E-state index contributed by atoms with van der Waals surface area (Å²) in [5, 5.41) is 4.71. The number of halogens is 4. The molecule has 0 radical (unpaired) electrons. The second kappa shape index (κ2) is 5.92. The summed E-state index contributed by atoms with van der Waals surface area (Å²) in [6.07, 6.45) is -4.58. The van der Waals surface area contributed by atoms with Gasteiger partial charge in [-0.3, -0.25) is 10.1 Å². The van der Waals surface area contributed by atoms with Crippen molar-refractivity contribution in [1.29, 1.82) is 0 Å². The Morgan fingerprint density at radius 3 is 2.57 bits per heavy atom. The molecule has 1 saturated heterocycles. The number of hydrogen-bond donors (Lipinski definition) is 1. The lowest BCUT2D eigenvalue weighted by Gasteiger charge is -2.27. The predicted molar refractivity (Wildman–Crippen MR) is 71.5 cm³/mol. The highest BCUT2D eigenvalue weighted by molar-refractivity contribution is 7.10. The second-order valence-electron chi connectivity index (χ2n) is 5.33. The number of rotatable bonds is 5. The smallest absolute Gasteiger partial charge is 0.314 e. The van der Waals surface area contributed by atoms with Crippen molar-refractivity contribution in [2.24, 2.45) is 5.92 Å². The normalized spacial score (nSPS) is 23.6. The lowest BCUT2D eigenvalue weighted by Crippen LogP contribution is -2.44. The van der Waals surface area contributed by atoms with E-state index >= 15 is 0 Å². The van der Waals surface area contributed by atoms with E-state index in [0.29, 0.717) is 4.88 Å². The van der Waals surface area contributed by atoms with E-state index in [0.717, 1.165) is 4.90 Å². The van der Waals surface area contributed by atoms with Crippen LogP contribution in [0.2, 0.25) is 0 Å². The van der Waals surface area contributed by atoms with Crippen molar-refractivity contribution in [1.82, 2.24) is 10.2 Å². The molecule has 2 rings (SSSR count). The summed E-state index contributed by atoms with van der Waals surface area (Å²) in [7, 11) is 0. The van der Waals surface area contributed by atoms with Gasteiger partial charge in [-0.15, -0.1) is 11.3 Å². The Morgan fingerprint density at radius 2 is 2.10 bits per heavy atom. The first-order valence-electron chi connectivity index (χ1n) is 6.50. The van der Waals surface area contributed by atoms with Gasteiger partial charge >= 0.3 is 12.3 Å². The third-order valence-electron chi connectivity index (χ3n) is 3.38. The Bertz CT molecular complexity index is 492. The van der Waals surface area contributed by atoms with Crippen LogP contribution in [0.1, 0.15) is 24.9 Å². The standard InChI is InChI=1S/C13H16F4N2OS/c1-7(2)9-11(20)19(6-13(16,17)12(14)15)10(18-9)8-4-3-5-21-8/h3-5,7,9-10,12,18H,6H2,1-2H3. The molecule has 0 aliphatic carbocycles. The first-order chi connectivity index (χ1) is 9.74. The first-order valence-corrected chi connectivity index (χ1v) is 7.38. The quantitative estimate of drug-likeness (QED) is 0.844. The van der Waals surface area contributed by atoms with Crippen molar-refractivity contribution in [2.75, 3.05) is 6.54 Å². The summed E-state index contributed by atoms with van der Waals surface area (Å²) in [5.74, 6) is -4.91. The van der Waals surface area contributed by atoms with Gasteiger partial charge in [-0.1, -0.05) is 19.9 Å². The number of hydrogen-bond acceptors (Lipinski definition) is 3. The molecule has 0 aromatic carbocycles. The molecule has 1 aromatic heterocycles. The minimum atomic E-state index is -4.22. The van der Waals surface area contributed by atoms with Crippen molar-refractivity contribution in [3.05, 3.63) is 22.4 Å². The predicted octanol–water partition coefficient (Wildman–Crippen LogP) is 3.10. The van der Waals surface area contributed by atoms with Gasteiger partial charge < -0.3 is 4.90 Å². The summed E-state index contributed by atoms with van der Waals surface area (Å²) in [5.41, 5.74) is 0. The van der Waals surface area contributed by atoms with Crippen molar-refractivity contribution in [3.8, 4) is 0 Å². The van der Waals surface area contributed by atoms with Crippen LogP contribution in [0.15, 0.2) is 17.5 Å². The van der Waals surface area contributed by atoms with Crippen LogP contribution in [-0.2, 0) is 4.79 Å². The fourth-order valence-corrected chi connectivity index (χ4v) is 3.06. The molecule has 8 heteroatoms. The molecule has 2 heterocycles. The fourth-order valence-electron chi connectivity index (χ4n) is 2.26.